The monoisotopic (exact) mass is 242 g/mol. The van der Waals surface area contributed by atoms with Crippen LogP contribution in [0.1, 0.15) is 16.1 Å². The van der Waals surface area contributed by atoms with E-state index < -0.39 is 11.8 Å². The van der Waals surface area contributed by atoms with Gasteiger partial charge in [-0.2, -0.15) is 5.26 Å². The number of hydrogen-bond donors (Lipinski definition) is 1. The summed E-state index contributed by atoms with van der Waals surface area (Å²) >= 11 is 0. The Hall–Kier alpha value is -2.74. The van der Waals surface area contributed by atoms with Crippen molar-refractivity contribution in [3.63, 3.8) is 0 Å². The molecule has 0 spiro atoms. The second-order valence-corrected chi connectivity index (χ2v) is 3.51. The van der Waals surface area contributed by atoms with Crippen molar-refractivity contribution in [1.29, 1.82) is 5.26 Å². The first kappa shape index (κ1) is 11.7. The van der Waals surface area contributed by atoms with E-state index in [1.165, 1.54) is 36.5 Å². The normalized spacial score (nSPS) is 9.78. The van der Waals surface area contributed by atoms with Crippen molar-refractivity contribution in [2.24, 2.45) is 0 Å². The first-order chi connectivity index (χ1) is 8.63. The van der Waals surface area contributed by atoms with E-state index in [0.717, 1.165) is 0 Å². The fraction of sp³-hybridized carbons (Fsp3) is 0. The number of nitrogens with zero attached hydrogens (tertiary/aromatic N) is 2. The van der Waals surface area contributed by atoms with Gasteiger partial charge in [0.15, 0.2) is 0 Å². The first-order valence-electron chi connectivity index (χ1n) is 5.02. The third-order valence-electron chi connectivity index (χ3n) is 2.41. The molecule has 1 N–H and O–H groups in total. The van der Waals surface area contributed by atoms with Crippen LogP contribution in [-0.2, 0) is 0 Å². The van der Waals surface area contributed by atoms with Gasteiger partial charge in [0, 0.05) is 17.3 Å². The number of rotatable bonds is 2. The van der Waals surface area contributed by atoms with Gasteiger partial charge in [0.1, 0.15) is 11.5 Å². The van der Waals surface area contributed by atoms with Gasteiger partial charge < -0.3 is 5.11 Å². The molecule has 1 heterocycles. The standard InChI is InChI=1S/C13H7FN2O2/c14-10-3-1-2-8(6-15)12(10)9-4-5-11(13(17)18)16-7-9/h1-5,7H,(H,17,18). The number of aromatic nitrogens is 1. The SMILES string of the molecule is N#Cc1cccc(F)c1-c1ccc(C(=O)O)nc1. The largest absolute Gasteiger partial charge is 0.477 e. The van der Waals surface area contributed by atoms with Crippen LogP contribution in [0.3, 0.4) is 0 Å². The molecule has 0 aliphatic carbocycles. The Labute approximate surface area is 102 Å². The van der Waals surface area contributed by atoms with Crippen LogP contribution in [0.25, 0.3) is 11.1 Å². The van der Waals surface area contributed by atoms with Gasteiger partial charge in [-0.1, -0.05) is 12.1 Å². The van der Waals surface area contributed by atoms with E-state index in [0.29, 0.717) is 5.56 Å². The summed E-state index contributed by atoms with van der Waals surface area (Å²) in [6, 6.07) is 8.75. The Balaban J connectivity index is 2.56. The Bertz CT molecular complexity index is 645. The Kier molecular flexibility index (Phi) is 3.02. The van der Waals surface area contributed by atoms with Crippen molar-refractivity contribution in [2.75, 3.05) is 0 Å². The highest BCUT2D eigenvalue weighted by Crippen LogP contribution is 2.25. The average molecular weight is 242 g/mol. The summed E-state index contributed by atoms with van der Waals surface area (Å²) in [6.45, 7) is 0. The molecule has 2 aromatic rings. The van der Waals surface area contributed by atoms with Gasteiger partial charge in [0.2, 0.25) is 0 Å². The average Bonchev–Trinajstić information content (AvgIpc) is 2.38. The maximum absolute atomic E-state index is 13.7. The number of benzene rings is 1. The summed E-state index contributed by atoms with van der Waals surface area (Å²) in [5.41, 5.74) is 0.549. The molecule has 0 amide bonds. The number of carboxylic acids is 1. The predicted octanol–water partition coefficient (Wildman–Crippen LogP) is 2.46. The van der Waals surface area contributed by atoms with E-state index in [1.807, 2.05) is 6.07 Å². The maximum Gasteiger partial charge on any atom is 0.354 e. The van der Waals surface area contributed by atoms with Crippen molar-refractivity contribution in [3.8, 4) is 17.2 Å². The minimum Gasteiger partial charge on any atom is -0.477 e. The van der Waals surface area contributed by atoms with Gasteiger partial charge in [0.25, 0.3) is 0 Å². The molecule has 0 saturated heterocycles. The number of hydrogen-bond acceptors (Lipinski definition) is 3. The molecule has 88 valence electrons. The van der Waals surface area contributed by atoms with E-state index in [-0.39, 0.29) is 16.8 Å². The van der Waals surface area contributed by atoms with Crippen LogP contribution in [0.4, 0.5) is 4.39 Å². The lowest BCUT2D eigenvalue weighted by Gasteiger charge is -2.05. The van der Waals surface area contributed by atoms with Gasteiger partial charge in [-0.25, -0.2) is 14.2 Å². The fourth-order valence-corrected chi connectivity index (χ4v) is 1.58. The second kappa shape index (κ2) is 4.63. The van der Waals surface area contributed by atoms with E-state index >= 15 is 0 Å². The van der Waals surface area contributed by atoms with Gasteiger partial charge in [-0.3, -0.25) is 0 Å². The minimum absolute atomic E-state index is 0.129. The van der Waals surface area contributed by atoms with Gasteiger partial charge >= 0.3 is 5.97 Å². The molecule has 0 unspecified atom stereocenters. The molecule has 4 nitrogen and oxygen atoms in total. The van der Waals surface area contributed by atoms with Crippen LogP contribution in [0.5, 0.6) is 0 Å². The summed E-state index contributed by atoms with van der Waals surface area (Å²) in [7, 11) is 0. The molecule has 0 fully saturated rings. The Morgan fingerprint density at radius 2 is 2.11 bits per heavy atom. The molecule has 0 atom stereocenters. The summed E-state index contributed by atoms with van der Waals surface area (Å²) in [5, 5.41) is 17.6. The van der Waals surface area contributed by atoms with Crippen LogP contribution < -0.4 is 0 Å². The zero-order valence-corrected chi connectivity index (χ0v) is 9.09. The number of aromatic carboxylic acids is 1. The highest BCUT2D eigenvalue weighted by atomic mass is 19.1. The maximum atomic E-state index is 13.7. The van der Waals surface area contributed by atoms with Gasteiger partial charge in [0.05, 0.1) is 11.6 Å². The van der Waals surface area contributed by atoms with Crippen molar-refractivity contribution in [3.05, 3.63) is 53.6 Å². The lowest BCUT2D eigenvalue weighted by Crippen LogP contribution is -2.00. The smallest absolute Gasteiger partial charge is 0.354 e. The van der Waals surface area contributed by atoms with Crippen molar-refractivity contribution < 1.29 is 14.3 Å². The second-order valence-electron chi connectivity index (χ2n) is 3.51. The zero-order chi connectivity index (χ0) is 13.1. The molecule has 0 aliphatic rings. The van der Waals surface area contributed by atoms with Crippen molar-refractivity contribution >= 4 is 5.97 Å². The number of nitriles is 1. The Morgan fingerprint density at radius 3 is 2.67 bits per heavy atom. The molecular weight excluding hydrogens is 235 g/mol. The molecule has 18 heavy (non-hydrogen) atoms. The first-order valence-corrected chi connectivity index (χ1v) is 5.02. The highest BCUT2D eigenvalue weighted by molar-refractivity contribution is 5.86. The van der Waals surface area contributed by atoms with Gasteiger partial charge in [-0.05, 0) is 18.2 Å². The minimum atomic E-state index is -1.16. The molecule has 0 bridgehead atoms. The van der Waals surface area contributed by atoms with Crippen LogP contribution in [0, 0.1) is 17.1 Å². The molecular formula is C13H7FN2O2. The van der Waals surface area contributed by atoms with Gasteiger partial charge in [-0.15, -0.1) is 0 Å². The van der Waals surface area contributed by atoms with E-state index in [4.69, 9.17) is 10.4 Å². The third kappa shape index (κ3) is 2.04. The van der Waals surface area contributed by atoms with Crippen molar-refractivity contribution in [1.82, 2.24) is 4.98 Å². The number of carbonyl (C=O) groups is 1. The molecule has 0 saturated carbocycles. The molecule has 0 aliphatic heterocycles. The van der Waals surface area contributed by atoms with Crippen LogP contribution in [0.15, 0.2) is 36.5 Å². The summed E-state index contributed by atoms with van der Waals surface area (Å²) < 4.78 is 13.7. The molecule has 1 aromatic heterocycles. The fourth-order valence-electron chi connectivity index (χ4n) is 1.58. The van der Waals surface area contributed by atoms with Crippen LogP contribution in [0.2, 0.25) is 0 Å². The Morgan fingerprint density at radius 1 is 1.33 bits per heavy atom. The number of pyridine rings is 1. The number of halogens is 1. The topological polar surface area (TPSA) is 74.0 Å². The van der Waals surface area contributed by atoms with Crippen LogP contribution in [-0.4, -0.2) is 16.1 Å². The highest BCUT2D eigenvalue weighted by Gasteiger charge is 2.12. The van der Waals surface area contributed by atoms with Crippen molar-refractivity contribution in [2.45, 2.75) is 0 Å². The quantitative estimate of drug-likeness (QED) is 0.877. The third-order valence-corrected chi connectivity index (χ3v) is 2.41. The molecule has 0 radical (unpaired) electrons. The lowest BCUT2D eigenvalue weighted by molar-refractivity contribution is 0.0690. The van der Waals surface area contributed by atoms with E-state index in [2.05, 4.69) is 4.98 Å². The van der Waals surface area contributed by atoms with E-state index in [9.17, 15) is 9.18 Å². The molecule has 2 rings (SSSR count). The predicted molar refractivity (Wildman–Crippen MR) is 61.3 cm³/mol. The van der Waals surface area contributed by atoms with Crippen LogP contribution >= 0.6 is 0 Å². The zero-order valence-electron chi connectivity index (χ0n) is 9.09. The summed E-state index contributed by atoms with van der Waals surface area (Å²) in [6.07, 6.45) is 1.24. The number of carboxylic acid groups (broad SMARTS) is 1. The summed E-state index contributed by atoms with van der Waals surface area (Å²) in [5.74, 6) is -1.70. The van der Waals surface area contributed by atoms with E-state index in [1.54, 1.807) is 0 Å². The molecule has 5 heteroatoms. The summed E-state index contributed by atoms with van der Waals surface area (Å²) in [4.78, 5) is 14.3. The molecule has 1 aromatic carbocycles. The lowest BCUT2D eigenvalue weighted by atomic mass is 10.0.